The molecule has 14 atom stereocenters. The summed E-state index contributed by atoms with van der Waals surface area (Å²) in [5.74, 6) is 1.61. The second kappa shape index (κ2) is 36.1. The fourth-order valence-corrected chi connectivity index (χ4v) is 25.3. The highest BCUT2D eigenvalue weighted by Crippen LogP contribution is 2.68. The first-order chi connectivity index (χ1) is 64.7. The maximum atomic E-state index is 15.2. The number of methoxy groups -OCH3 is 4. The van der Waals surface area contributed by atoms with Crippen molar-refractivity contribution in [2.45, 2.75) is 255 Å². The van der Waals surface area contributed by atoms with Crippen LogP contribution < -0.4 is 76.9 Å². The molecule has 6 aromatic carbocycles. The van der Waals surface area contributed by atoms with Crippen LogP contribution in [0, 0.1) is 39.0 Å². The van der Waals surface area contributed by atoms with Crippen molar-refractivity contribution < 1.29 is 138 Å². The van der Waals surface area contributed by atoms with Crippen LogP contribution in [-0.4, -0.2) is 226 Å². The molecule has 4 fully saturated rings. The van der Waals surface area contributed by atoms with Gasteiger partial charge in [0.15, 0.2) is 80.1 Å². The predicted molar refractivity (Wildman–Crippen MR) is 493 cm³/mol. The topological polar surface area (TPSA) is 402 Å². The molecular formula is C99H117N7O29S2. The summed E-state index contributed by atoms with van der Waals surface area (Å²) in [7, 11) is 9.81. The lowest BCUT2D eigenvalue weighted by molar-refractivity contribution is -0.186. The second-order valence-electron chi connectivity index (χ2n) is 40.2. The Hall–Kier alpha value is -11.4. The second-order valence-corrected chi connectivity index (χ2v) is 42.5. The van der Waals surface area contributed by atoms with Crippen LogP contribution in [0.25, 0.3) is 0 Å². The van der Waals surface area contributed by atoms with Gasteiger partial charge in [0.1, 0.15) is 59.4 Å². The highest BCUT2D eigenvalue weighted by Gasteiger charge is 2.66. The number of carbonyl (C=O) groups excluding carboxylic acids is 8. The van der Waals surface area contributed by atoms with Gasteiger partial charge in [-0.1, -0.05) is 12.1 Å². The molecule has 0 aromatic heterocycles. The molecule has 14 aliphatic heterocycles. The quantitative estimate of drug-likeness (QED) is 0.0496. The molecule has 0 saturated carbocycles. The van der Waals surface area contributed by atoms with Crippen LogP contribution in [0.5, 0.6) is 80.5 Å². The van der Waals surface area contributed by atoms with Crippen LogP contribution in [0.1, 0.15) is 221 Å². The molecule has 2 spiro atoms. The summed E-state index contributed by atoms with van der Waals surface area (Å²) in [5, 5.41) is 29.9. The lowest BCUT2D eigenvalue weighted by Crippen LogP contribution is -2.70. The number of carbonyl (C=O) groups is 8. The number of nitrogens with zero attached hydrogens (tertiary/aromatic N) is 5. The van der Waals surface area contributed by atoms with Crippen LogP contribution in [0.2, 0.25) is 0 Å². The van der Waals surface area contributed by atoms with E-state index >= 15 is 9.59 Å². The fraction of sp³-hybridized carbons (Fsp3) is 0.545. The number of likely N-dealkylation sites (N-methyl/N-ethyl adjacent to an activating group) is 2. The molecule has 2 unspecified atom stereocenters. The van der Waals surface area contributed by atoms with Gasteiger partial charge in [-0.15, -0.1) is 23.5 Å². The fourth-order valence-electron chi connectivity index (χ4n) is 21.9. The highest BCUT2D eigenvalue weighted by atomic mass is 32.2. The van der Waals surface area contributed by atoms with Gasteiger partial charge in [0, 0.05) is 101 Å². The largest absolute Gasteiger partial charge is 0.514 e. The molecule has 20 rings (SSSR count). The Kier molecular flexibility index (Phi) is 25.6. The monoisotopic (exact) mass is 1930 g/mol. The molecule has 6 aromatic rings. The minimum absolute atomic E-state index is 0.0433. The zero-order valence-corrected chi connectivity index (χ0v) is 82.9. The molecule has 0 radical (unpaired) electrons. The van der Waals surface area contributed by atoms with Crippen LogP contribution in [0.15, 0.2) is 36.4 Å². The first kappa shape index (κ1) is 97.2. The molecule has 4 saturated heterocycles. The SMILES string of the molecule is COc1cc2c(cc1OC(=O)OC(C)(C)C)CCN[C@]21CS[C@@H]2c3c(OC(C)=O)c(C)c4c(c3[C@H](COC1=O)N1C2[C@H]2c3c(cc(C)c(OC)c3OC(=O)OC(C)(C)C)C[C@@H]([C@@H]1C#N)N2C)OCO4.COc1cc2c(cc1OC(=O)OC(C)(C)C)CCN[C@]21CS[C@@H]2c3c(OC(C)=O)c(C)c4c(c3[C@H](COC1=O)N1C2[C@H]2c3c(cc(C)c(OC)c3OC(=O)OC(C)(C)C)C[C@@H]([C@@H]1O)N2C)OCO4. The van der Waals surface area contributed by atoms with Crippen LogP contribution in [-0.2, 0) is 84.4 Å². The molecule has 0 amide bonds. The van der Waals surface area contributed by atoms with Crippen molar-refractivity contribution in [3.8, 4) is 86.6 Å². The van der Waals surface area contributed by atoms with Crippen molar-refractivity contribution in [2.24, 2.45) is 0 Å². The van der Waals surface area contributed by atoms with E-state index in [1.807, 2.05) is 51.9 Å². The van der Waals surface area contributed by atoms with Crippen molar-refractivity contribution >= 4 is 72.0 Å². The third kappa shape index (κ3) is 17.1. The number of aliphatic hydroxyl groups is 1. The minimum Gasteiger partial charge on any atom is -0.493 e. The summed E-state index contributed by atoms with van der Waals surface area (Å²) in [6.45, 7) is 30.9. The lowest BCUT2D eigenvalue weighted by Gasteiger charge is -2.62. The van der Waals surface area contributed by atoms with Gasteiger partial charge in [-0.3, -0.25) is 39.8 Å². The number of ether oxygens (including phenoxy) is 20. The number of aryl methyl sites for hydroxylation is 2. The van der Waals surface area contributed by atoms with Gasteiger partial charge in [0.2, 0.25) is 13.6 Å². The van der Waals surface area contributed by atoms with Gasteiger partial charge in [-0.25, -0.2) is 28.8 Å². The third-order valence-corrected chi connectivity index (χ3v) is 29.9. The van der Waals surface area contributed by atoms with Crippen LogP contribution in [0.3, 0.4) is 0 Å². The maximum absolute atomic E-state index is 15.2. The van der Waals surface area contributed by atoms with Crippen LogP contribution >= 0.6 is 23.5 Å². The molecule has 14 aliphatic rings. The average Bonchev–Trinajstić information content (AvgIpc) is 1.50. The molecule has 3 N–H and O–H groups in total. The Morgan fingerprint density at radius 2 is 0.825 bits per heavy atom. The first-order valence-corrected chi connectivity index (χ1v) is 47.7. The summed E-state index contributed by atoms with van der Waals surface area (Å²) < 4.78 is 120. The van der Waals surface area contributed by atoms with Gasteiger partial charge in [0.25, 0.3) is 0 Å². The third-order valence-electron chi connectivity index (χ3n) is 26.9. The Bertz CT molecular complexity index is 6030. The number of nitriles is 1. The number of hydrogen-bond acceptors (Lipinski definition) is 38. The van der Waals surface area contributed by atoms with Gasteiger partial charge in [-0.05, 0) is 219 Å². The van der Waals surface area contributed by atoms with Crippen molar-refractivity contribution in [1.29, 1.82) is 5.26 Å². The summed E-state index contributed by atoms with van der Waals surface area (Å²) in [4.78, 5) is 118. The normalized spacial score (nSPS) is 25.9. The van der Waals surface area contributed by atoms with Crippen LogP contribution in [0.4, 0.5) is 19.2 Å². The number of esters is 4. The molecule has 36 nitrogen and oxygen atoms in total. The Labute approximate surface area is 802 Å². The standard InChI is InChI=1S/C50H58N4O14S.C49H59N3O15S/c1-23-15-27-16-29-30(19-51)54-31-20-61-45(56)50(28-18-32(59-11)33(17-26(28)13-14-52-50)65-46(57)67-48(4,5)6)21-69-44(36-35(31)42-41(62-22-63-42)24(2)40(36)64-25(3)55)38(54)37(53(29)10)34(27)43(39(23)60-12)66-47(58)68-49(7,8)9;1-22-15-26-16-28-43(54)52-29-19-60-44(55)49(27-18-30(58-11)31(17-25(27)13-14-50-49)64-45(56)66-47(4,5)6)20-68-42(34-33(29)40-39(61-21-62-40)23(2)38(34)63-24(3)53)36(52)35(51(28)10)32(26)41(37(22)59-12)65-46(57)67-48(7,8)9/h15,17-18,29-31,37-38,44,52H,13-14,16,20-22H2,1-12H3;15,17-18,28-29,35-36,42-43,50,54H,13-14,16,19-21H2,1-12H3/t29-,30-,31-,37+,38?,44+,50+;28-,29-,35+,36?,42+,43-,49+/m00/s1. The van der Waals surface area contributed by atoms with E-state index in [1.165, 1.54) is 65.8 Å². The first-order valence-electron chi connectivity index (χ1n) is 45.6. The number of rotatable bonds is 10. The number of fused-ring (bicyclic) bond motifs is 18. The average molecular weight is 1930 g/mol. The molecule has 8 bridgehead atoms. The van der Waals surface area contributed by atoms with Gasteiger partial charge in [-0.2, -0.15) is 5.26 Å². The van der Waals surface area contributed by atoms with Crippen molar-refractivity contribution in [3.63, 3.8) is 0 Å². The zero-order valence-electron chi connectivity index (χ0n) is 81.3. The molecular weight excluding hydrogens is 1820 g/mol. The van der Waals surface area contributed by atoms with E-state index in [0.29, 0.717) is 140 Å². The summed E-state index contributed by atoms with van der Waals surface area (Å²) >= 11 is 2.84. The number of nitrogens with one attached hydrogen (secondary N) is 2. The summed E-state index contributed by atoms with van der Waals surface area (Å²) in [5.41, 5.74) is 4.10. The molecule has 137 heavy (non-hydrogen) atoms. The van der Waals surface area contributed by atoms with E-state index in [0.717, 1.165) is 22.3 Å². The lowest BCUT2D eigenvalue weighted by atomic mass is 9.71. The Morgan fingerprint density at radius 1 is 0.453 bits per heavy atom. The smallest absolute Gasteiger partial charge is 0.493 e. The van der Waals surface area contributed by atoms with E-state index in [4.69, 9.17) is 94.7 Å². The number of thioether (sulfide) groups is 2. The highest BCUT2D eigenvalue weighted by molar-refractivity contribution is 7.99. The van der Waals surface area contributed by atoms with Crippen molar-refractivity contribution in [3.05, 3.63) is 125 Å². The van der Waals surface area contributed by atoms with Crippen molar-refractivity contribution in [1.82, 2.24) is 30.2 Å². The van der Waals surface area contributed by atoms with E-state index in [1.54, 1.807) is 114 Å². The predicted octanol–water partition coefficient (Wildman–Crippen LogP) is 13.8. The van der Waals surface area contributed by atoms with E-state index < -0.39 is 153 Å². The molecule has 38 heteroatoms. The summed E-state index contributed by atoms with van der Waals surface area (Å²) in [6, 6.07) is 7.39. The number of hydrogen-bond donors (Lipinski definition) is 3. The summed E-state index contributed by atoms with van der Waals surface area (Å²) in [6.07, 6.45) is -3.12. The maximum Gasteiger partial charge on any atom is 0.514 e. The number of aliphatic hydroxyl groups excluding tert-OH is 1. The van der Waals surface area contributed by atoms with Gasteiger partial charge >= 0.3 is 48.5 Å². The molecule has 734 valence electrons. The van der Waals surface area contributed by atoms with Crippen molar-refractivity contribution in [2.75, 3.05) is 93.9 Å². The Balaban J connectivity index is 0.000000190. The molecule has 14 heterocycles. The molecule has 0 aliphatic carbocycles. The van der Waals surface area contributed by atoms with E-state index in [-0.39, 0.29) is 84.3 Å². The zero-order chi connectivity index (χ0) is 98.6. The van der Waals surface area contributed by atoms with Gasteiger partial charge < -0.3 is 99.8 Å². The minimum atomic E-state index is -1.50. The number of piperazine rings is 2. The number of benzene rings is 6. The van der Waals surface area contributed by atoms with E-state index in [9.17, 15) is 39.1 Å². The van der Waals surface area contributed by atoms with Gasteiger partial charge in [0.05, 0.1) is 75.2 Å². The Morgan fingerprint density at radius 3 is 1.20 bits per heavy atom. The van der Waals surface area contributed by atoms with E-state index in [2.05, 4.69) is 31.4 Å².